The summed E-state index contributed by atoms with van der Waals surface area (Å²) in [6.07, 6.45) is 1.59. The normalized spacial score (nSPS) is 15.7. The predicted molar refractivity (Wildman–Crippen MR) is 74.0 cm³/mol. The Morgan fingerprint density at radius 1 is 1.40 bits per heavy atom. The molecule has 20 heavy (non-hydrogen) atoms. The van der Waals surface area contributed by atoms with Gasteiger partial charge in [-0.2, -0.15) is 0 Å². The Hall–Kier alpha value is -2.15. The Morgan fingerprint density at radius 3 is 2.70 bits per heavy atom. The average molecular weight is 279 g/mol. The molecule has 108 valence electrons. The van der Waals surface area contributed by atoms with E-state index in [2.05, 4.69) is 10.6 Å². The third-order valence-electron chi connectivity index (χ3n) is 3.26. The van der Waals surface area contributed by atoms with Gasteiger partial charge in [0, 0.05) is 37.9 Å². The molecule has 1 heterocycles. The fraction of sp³-hybridized carbons (Fsp3) is 0.462. The molecule has 7 nitrogen and oxygen atoms in total. The number of rotatable bonds is 4. The van der Waals surface area contributed by atoms with Crippen molar-refractivity contribution in [2.24, 2.45) is 0 Å². The summed E-state index contributed by atoms with van der Waals surface area (Å²) in [5, 5.41) is 16.7. The van der Waals surface area contributed by atoms with Gasteiger partial charge in [-0.05, 0) is 25.0 Å². The number of nitrogens with zero attached hydrogens (tertiary/aromatic N) is 1. The minimum atomic E-state index is -0.449. The molecule has 0 saturated carbocycles. The zero-order chi connectivity index (χ0) is 14.5. The molecule has 1 fully saturated rings. The first-order chi connectivity index (χ1) is 9.61. The van der Waals surface area contributed by atoms with Gasteiger partial charge in [-0.15, -0.1) is 0 Å². The second kappa shape index (κ2) is 6.33. The van der Waals surface area contributed by atoms with Crippen molar-refractivity contribution in [1.82, 2.24) is 5.32 Å². The number of anilines is 1. The third-order valence-corrected chi connectivity index (χ3v) is 3.26. The van der Waals surface area contributed by atoms with Crippen LogP contribution in [0.1, 0.15) is 23.2 Å². The van der Waals surface area contributed by atoms with Gasteiger partial charge in [0.2, 0.25) is 0 Å². The third kappa shape index (κ3) is 3.24. The number of hydrogen-bond acceptors (Lipinski definition) is 5. The van der Waals surface area contributed by atoms with Gasteiger partial charge < -0.3 is 15.4 Å². The Balaban J connectivity index is 2.26. The maximum Gasteiger partial charge on any atom is 0.292 e. The second-order valence-electron chi connectivity index (χ2n) is 4.60. The molecule has 0 aliphatic carbocycles. The smallest absolute Gasteiger partial charge is 0.292 e. The van der Waals surface area contributed by atoms with Gasteiger partial charge in [0.1, 0.15) is 5.69 Å². The van der Waals surface area contributed by atoms with E-state index in [0.717, 1.165) is 12.8 Å². The predicted octanol–water partition coefficient (Wildman–Crippen LogP) is 1.55. The van der Waals surface area contributed by atoms with E-state index in [1.54, 1.807) is 0 Å². The molecule has 1 aliphatic rings. The van der Waals surface area contributed by atoms with E-state index in [-0.39, 0.29) is 17.6 Å². The van der Waals surface area contributed by atoms with Crippen molar-refractivity contribution >= 4 is 17.3 Å². The summed E-state index contributed by atoms with van der Waals surface area (Å²) < 4.78 is 5.26. The van der Waals surface area contributed by atoms with Crippen molar-refractivity contribution in [2.75, 3.05) is 25.6 Å². The van der Waals surface area contributed by atoms with Crippen LogP contribution in [0.15, 0.2) is 18.2 Å². The number of nitro groups is 1. The molecule has 0 aromatic heterocycles. The number of amides is 1. The lowest BCUT2D eigenvalue weighted by atomic mass is 10.1. The summed E-state index contributed by atoms with van der Waals surface area (Å²) in [6.45, 7) is 1.28. The molecule has 1 saturated heterocycles. The van der Waals surface area contributed by atoms with Crippen LogP contribution in [-0.4, -0.2) is 37.1 Å². The van der Waals surface area contributed by atoms with Crippen LogP contribution in [-0.2, 0) is 4.74 Å². The van der Waals surface area contributed by atoms with E-state index in [4.69, 9.17) is 4.74 Å². The van der Waals surface area contributed by atoms with Gasteiger partial charge in [0.15, 0.2) is 0 Å². The van der Waals surface area contributed by atoms with Crippen molar-refractivity contribution in [3.05, 3.63) is 33.9 Å². The van der Waals surface area contributed by atoms with Crippen LogP contribution in [0.4, 0.5) is 11.4 Å². The van der Waals surface area contributed by atoms with E-state index in [1.807, 2.05) is 0 Å². The van der Waals surface area contributed by atoms with E-state index in [9.17, 15) is 14.9 Å². The second-order valence-corrected chi connectivity index (χ2v) is 4.60. The maximum absolute atomic E-state index is 11.6. The van der Waals surface area contributed by atoms with Gasteiger partial charge in [-0.25, -0.2) is 0 Å². The van der Waals surface area contributed by atoms with E-state index in [1.165, 1.54) is 25.2 Å². The van der Waals surface area contributed by atoms with Crippen molar-refractivity contribution < 1.29 is 14.5 Å². The summed E-state index contributed by atoms with van der Waals surface area (Å²) in [7, 11) is 1.52. The van der Waals surface area contributed by atoms with Gasteiger partial charge >= 0.3 is 0 Å². The standard InChI is InChI=1S/C13H17N3O4/c1-14-13(17)9-2-3-12(16(18)19)11(8-9)15-10-4-6-20-7-5-10/h2-3,8,10,15H,4-7H2,1H3,(H,14,17). The molecular weight excluding hydrogens is 262 g/mol. The molecule has 0 atom stereocenters. The van der Waals surface area contributed by atoms with Crippen LogP contribution < -0.4 is 10.6 Å². The summed E-state index contributed by atoms with van der Waals surface area (Å²) in [6, 6.07) is 4.45. The highest BCUT2D eigenvalue weighted by Gasteiger charge is 2.20. The quantitative estimate of drug-likeness (QED) is 0.644. The Labute approximate surface area is 116 Å². The zero-order valence-electron chi connectivity index (χ0n) is 11.2. The van der Waals surface area contributed by atoms with Crippen molar-refractivity contribution in [2.45, 2.75) is 18.9 Å². The van der Waals surface area contributed by atoms with Crippen LogP contribution in [0.3, 0.4) is 0 Å². The molecule has 1 aromatic rings. The minimum Gasteiger partial charge on any atom is -0.381 e. The summed E-state index contributed by atoms with van der Waals surface area (Å²) in [5.74, 6) is -0.269. The van der Waals surface area contributed by atoms with E-state index in [0.29, 0.717) is 24.5 Å². The summed E-state index contributed by atoms with van der Waals surface area (Å²) in [4.78, 5) is 22.2. The molecule has 0 spiro atoms. The molecule has 0 unspecified atom stereocenters. The first kappa shape index (κ1) is 14.3. The lowest BCUT2D eigenvalue weighted by molar-refractivity contribution is -0.384. The van der Waals surface area contributed by atoms with Crippen LogP contribution in [0.25, 0.3) is 0 Å². The number of nitrogens with one attached hydrogen (secondary N) is 2. The topological polar surface area (TPSA) is 93.5 Å². The molecule has 1 aromatic carbocycles. The molecule has 7 heteroatoms. The van der Waals surface area contributed by atoms with Crippen molar-refractivity contribution in [3.63, 3.8) is 0 Å². The van der Waals surface area contributed by atoms with Gasteiger partial charge in [-0.1, -0.05) is 0 Å². The molecule has 2 rings (SSSR count). The summed E-state index contributed by atoms with van der Waals surface area (Å²) in [5.41, 5.74) is 0.750. The minimum absolute atomic E-state index is 0.0239. The molecule has 1 aliphatic heterocycles. The first-order valence-corrected chi connectivity index (χ1v) is 6.46. The number of benzene rings is 1. The van der Waals surface area contributed by atoms with E-state index >= 15 is 0 Å². The van der Waals surface area contributed by atoms with Crippen molar-refractivity contribution in [1.29, 1.82) is 0 Å². The largest absolute Gasteiger partial charge is 0.381 e. The lowest BCUT2D eigenvalue weighted by Crippen LogP contribution is -2.28. The number of carbonyl (C=O) groups excluding carboxylic acids is 1. The van der Waals surface area contributed by atoms with Crippen molar-refractivity contribution in [3.8, 4) is 0 Å². The van der Waals surface area contributed by atoms with E-state index < -0.39 is 4.92 Å². The molecule has 0 bridgehead atoms. The average Bonchev–Trinajstić information content (AvgIpc) is 2.47. The van der Waals surface area contributed by atoms with Crippen LogP contribution in [0.5, 0.6) is 0 Å². The maximum atomic E-state index is 11.6. The monoisotopic (exact) mass is 279 g/mol. The number of ether oxygens (including phenoxy) is 1. The summed E-state index contributed by atoms with van der Waals surface area (Å²) >= 11 is 0. The fourth-order valence-electron chi connectivity index (χ4n) is 2.16. The Bertz CT molecular complexity index is 512. The van der Waals surface area contributed by atoms with Crippen LogP contribution in [0.2, 0.25) is 0 Å². The SMILES string of the molecule is CNC(=O)c1ccc([N+](=O)[O-])c(NC2CCOCC2)c1. The highest BCUT2D eigenvalue weighted by molar-refractivity contribution is 5.95. The van der Waals surface area contributed by atoms with Crippen LogP contribution >= 0.6 is 0 Å². The first-order valence-electron chi connectivity index (χ1n) is 6.46. The zero-order valence-corrected chi connectivity index (χ0v) is 11.2. The number of carbonyl (C=O) groups is 1. The Kier molecular flexibility index (Phi) is 4.52. The highest BCUT2D eigenvalue weighted by atomic mass is 16.6. The molecule has 2 N–H and O–H groups in total. The lowest BCUT2D eigenvalue weighted by Gasteiger charge is -2.24. The van der Waals surface area contributed by atoms with Gasteiger partial charge in [0.25, 0.3) is 11.6 Å². The number of hydrogen-bond donors (Lipinski definition) is 2. The van der Waals surface area contributed by atoms with Gasteiger partial charge in [-0.3, -0.25) is 14.9 Å². The molecule has 0 radical (unpaired) electrons. The highest BCUT2D eigenvalue weighted by Crippen LogP contribution is 2.27. The fourth-order valence-corrected chi connectivity index (χ4v) is 2.16. The molecule has 1 amide bonds. The Morgan fingerprint density at radius 2 is 2.10 bits per heavy atom. The molecular formula is C13H17N3O4. The van der Waals surface area contributed by atoms with Gasteiger partial charge in [0.05, 0.1) is 4.92 Å². The number of nitro benzene ring substituents is 1. The van der Waals surface area contributed by atoms with Crippen LogP contribution in [0, 0.1) is 10.1 Å².